The third kappa shape index (κ3) is 3.22. The van der Waals surface area contributed by atoms with E-state index < -0.39 is 17.5 Å². The minimum absolute atomic E-state index is 0.0732. The Kier molecular flexibility index (Phi) is 5.39. The number of rotatable bonds is 5. The van der Waals surface area contributed by atoms with E-state index in [1.807, 2.05) is 13.0 Å². The predicted molar refractivity (Wildman–Crippen MR) is 141 cm³/mol. The molecule has 0 aromatic heterocycles. The van der Waals surface area contributed by atoms with Crippen LogP contribution in [0.1, 0.15) is 48.5 Å². The molecule has 204 valence electrons. The van der Waals surface area contributed by atoms with Crippen LogP contribution in [0.15, 0.2) is 47.7 Å². The molecule has 0 saturated carbocycles. The molecule has 4 aliphatic heterocycles. The van der Waals surface area contributed by atoms with Crippen molar-refractivity contribution in [2.24, 2.45) is 5.41 Å². The Balaban J connectivity index is 1.31. The normalized spacial score (nSPS) is 28.6. The van der Waals surface area contributed by atoms with E-state index in [1.165, 1.54) is 19.8 Å². The first-order valence-corrected chi connectivity index (χ1v) is 13.5. The molecular weight excluding hydrogens is 500 g/mol. The molecule has 4 atom stereocenters. The van der Waals surface area contributed by atoms with E-state index in [4.69, 9.17) is 23.7 Å². The van der Waals surface area contributed by atoms with Crippen LogP contribution in [0.3, 0.4) is 0 Å². The van der Waals surface area contributed by atoms with Crippen molar-refractivity contribution in [3.05, 3.63) is 58.8 Å². The van der Waals surface area contributed by atoms with Gasteiger partial charge in [-0.05, 0) is 69.5 Å². The van der Waals surface area contributed by atoms with Gasteiger partial charge in [0.05, 0.1) is 30.8 Å². The number of para-hydroxylation sites is 1. The first-order chi connectivity index (χ1) is 18.9. The maximum Gasteiger partial charge on any atom is 0.338 e. The summed E-state index contributed by atoms with van der Waals surface area (Å²) in [5, 5.41) is 3.62. The lowest BCUT2D eigenvalue weighted by Gasteiger charge is -2.57. The summed E-state index contributed by atoms with van der Waals surface area (Å²) < 4.78 is 28.1. The Morgan fingerprint density at radius 3 is 2.77 bits per heavy atom. The Labute approximate surface area is 227 Å². The maximum atomic E-state index is 13.6. The molecule has 0 amide bonds. The van der Waals surface area contributed by atoms with E-state index in [0.717, 1.165) is 43.7 Å². The summed E-state index contributed by atoms with van der Waals surface area (Å²) in [4.78, 5) is 29.5. The SMILES string of the molecule is COC(=O)C1=C2Nc3ccccc3[C@@]23CCN2CCC[C@@]([C@@H](C)OC(=O)c4cc(OC)c5c(c4)OCO5)(C1)[C@H]23. The minimum Gasteiger partial charge on any atom is -0.493 e. The van der Waals surface area contributed by atoms with Crippen LogP contribution in [0.4, 0.5) is 5.69 Å². The summed E-state index contributed by atoms with van der Waals surface area (Å²) in [6.07, 6.45) is 2.69. The molecule has 0 bridgehead atoms. The zero-order chi connectivity index (χ0) is 26.9. The van der Waals surface area contributed by atoms with Gasteiger partial charge in [-0.2, -0.15) is 0 Å². The highest BCUT2D eigenvalue weighted by Gasteiger charge is 2.68. The number of methoxy groups -OCH3 is 2. The zero-order valence-electron chi connectivity index (χ0n) is 22.4. The second kappa shape index (κ2) is 8.64. The average molecular weight is 533 g/mol. The molecule has 5 aliphatic rings. The van der Waals surface area contributed by atoms with Crippen molar-refractivity contribution in [3.8, 4) is 17.2 Å². The topological polar surface area (TPSA) is 95.6 Å². The largest absolute Gasteiger partial charge is 0.493 e. The number of ether oxygens (including phenoxy) is 5. The zero-order valence-corrected chi connectivity index (χ0v) is 22.4. The van der Waals surface area contributed by atoms with E-state index in [-0.39, 0.29) is 24.2 Å². The van der Waals surface area contributed by atoms with Crippen LogP contribution in [0.25, 0.3) is 0 Å². The number of fused-ring (bicyclic) bond motifs is 2. The summed E-state index contributed by atoms with van der Waals surface area (Å²) in [6, 6.07) is 11.7. The van der Waals surface area contributed by atoms with Crippen LogP contribution < -0.4 is 19.5 Å². The van der Waals surface area contributed by atoms with Gasteiger partial charge in [-0.3, -0.25) is 4.90 Å². The molecule has 39 heavy (non-hydrogen) atoms. The van der Waals surface area contributed by atoms with Crippen molar-refractivity contribution in [1.82, 2.24) is 4.90 Å². The lowest BCUT2D eigenvalue weighted by molar-refractivity contribution is -0.138. The van der Waals surface area contributed by atoms with Crippen LogP contribution in [-0.4, -0.2) is 63.1 Å². The van der Waals surface area contributed by atoms with E-state index >= 15 is 0 Å². The highest BCUT2D eigenvalue weighted by molar-refractivity contribution is 5.94. The van der Waals surface area contributed by atoms with E-state index in [2.05, 4.69) is 28.4 Å². The van der Waals surface area contributed by atoms with Crippen molar-refractivity contribution >= 4 is 17.6 Å². The quantitative estimate of drug-likeness (QED) is 0.573. The summed E-state index contributed by atoms with van der Waals surface area (Å²) in [5.74, 6) is 0.574. The number of hydrogen-bond acceptors (Lipinski definition) is 9. The number of nitrogens with one attached hydrogen (secondary N) is 1. The fraction of sp³-hybridized carbons (Fsp3) is 0.467. The van der Waals surface area contributed by atoms with E-state index in [9.17, 15) is 9.59 Å². The molecule has 1 aliphatic carbocycles. The second-order valence-electron chi connectivity index (χ2n) is 11.1. The lowest BCUT2D eigenvalue weighted by Crippen LogP contribution is -2.64. The molecule has 1 N–H and O–H groups in total. The Bertz CT molecular complexity index is 1420. The number of nitrogens with zero attached hydrogens (tertiary/aromatic N) is 1. The molecular formula is C30H32N2O7. The van der Waals surface area contributed by atoms with Gasteiger partial charge in [0.25, 0.3) is 0 Å². The van der Waals surface area contributed by atoms with E-state index in [0.29, 0.717) is 34.8 Å². The fourth-order valence-electron chi connectivity index (χ4n) is 8.05. The maximum absolute atomic E-state index is 13.6. The minimum atomic E-state index is -0.475. The highest BCUT2D eigenvalue weighted by Crippen LogP contribution is 2.65. The molecule has 2 fully saturated rings. The van der Waals surface area contributed by atoms with E-state index in [1.54, 1.807) is 12.1 Å². The van der Waals surface area contributed by atoms with Gasteiger partial charge in [-0.25, -0.2) is 9.59 Å². The first kappa shape index (κ1) is 24.3. The molecule has 1 spiro atoms. The first-order valence-electron chi connectivity index (χ1n) is 13.5. The van der Waals surface area contributed by atoms with Crippen molar-refractivity contribution in [3.63, 3.8) is 0 Å². The molecule has 9 nitrogen and oxygen atoms in total. The second-order valence-corrected chi connectivity index (χ2v) is 11.1. The molecule has 9 heteroatoms. The van der Waals surface area contributed by atoms with Gasteiger partial charge in [0.2, 0.25) is 12.5 Å². The number of hydrogen-bond donors (Lipinski definition) is 1. The van der Waals surface area contributed by atoms with Gasteiger partial charge in [-0.15, -0.1) is 0 Å². The highest BCUT2D eigenvalue weighted by atomic mass is 16.7. The molecule has 2 aromatic rings. The standard InChI is InChI=1S/C30H32N2O7/c1-17(39-26(33)18-13-22(35-2)24-23(14-18)37-16-38-24)29-9-6-11-32-12-10-30(28(29)32)20-7-4-5-8-21(20)31-25(30)19(15-29)27(34)36-3/h4-5,7-8,13-14,17,28,31H,6,9-12,15-16H2,1-3H3/t17-,28+,29+,30+/m1/s1. The Morgan fingerprint density at radius 1 is 1.10 bits per heavy atom. The van der Waals surface area contributed by atoms with Gasteiger partial charge < -0.3 is 29.0 Å². The lowest BCUT2D eigenvalue weighted by atomic mass is 9.53. The molecule has 0 unspecified atom stereocenters. The van der Waals surface area contributed by atoms with Gasteiger partial charge in [0.15, 0.2) is 11.5 Å². The summed E-state index contributed by atoms with van der Waals surface area (Å²) >= 11 is 0. The van der Waals surface area contributed by atoms with Crippen LogP contribution in [0.5, 0.6) is 17.2 Å². The van der Waals surface area contributed by atoms with Gasteiger partial charge in [0, 0.05) is 22.8 Å². The number of benzene rings is 2. The molecule has 7 rings (SSSR count). The van der Waals surface area contributed by atoms with Gasteiger partial charge in [0.1, 0.15) is 6.10 Å². The monoisotopic (exact) mass is 532 g/mol. The van der Waals surface area contributed by atoms with Gasteiger partial charge in [-0.1, -0.05) is 18.2 Å². The van der Waals surface area contributed by atoms with Crippen LogP contribution >= 0.6 is 0 Å². The van der Waals surface area contributed by atoms with Gasteiger partial charge >= 0.3 is 11.9 Å². The number of anilines is 1. The van der Waals surface area contributed by atoms with Crippen LogP contribution in [0.2, 0.25) is 0 Å². The number of carbonyl (C=O) groups excluding carboxylic acids is 2. The van der Waals surface area contributed by atoms with Crippen molar-refractivity contribution in [2.75, 3.05) is 39.4 Å². The number of carbonyl (C=O) groups is 2. The fourth-order valence-corrected chi connectivity index (χ4v) is 8.05. The molecule has 4 heterocycles. The number of esters is 2. The third-order valence-corrected chi connectivity index (χ3v) is 9.60. The van der Waals surface area contributed by atoms with Crippen LogP contribution in [0, 0.1) is 5.41 Å². The Morgan fingerprint density at radius 2 is 1.95 bits per heavy atom. The van der Waals surface area contributed by atoms with Crippen molar-refractivity contribution < 1.29 is 33.3 Å². The third-order valence-electron chi connectivity index (χ3n) is 9.60. The molecule has 2 aromatic carbocycles. The van der Waals surface area contributed by atoms with Crippen molar-refractivity contribution in [2.45, 2.75) is 50.2 Å². The molecule has 0 radical (unpaired) electrons. The van der Waals surface area contributed by atoms with Crippen molar-refractivity contribution in [1.29, 1.82) is 0 Å². The number of piperidine rings is 1. The van der Waals surface area contributed by atoms with Crippen LogP contribution in [-0.2, 0) is 19.7 Å². The summed E-state index contributed by atoms with van der Waals surface area (Å²) in [6.45, 7) is 3.95. The average Bonchev–Trinajstić information content (AvgIpc) is 3.68. The smallest absolute Gasteiger partial charge is 0.338 e. The predicted octanol–water partition coefficient (Wildman–Crippen LogP) is 4.02. The molecule has 2 saturated heterocycles. The Hall–Kier alpha value is -3.72. The summed E-state index contributed by atoms with van der Waals surface area (Å²) in [7, 11) is 2.96. The summed E-state index contributed by atoms with van der Waals surface area (Å²) in [5.41, 5.74) is 3.33.